The van der Waals surface area contributed by atoms with Gasteiger partial charge in [0.1, 0.15) is 0 Å². The lowest BCUT2D eigenvalue weighted by molar-refractivity contribution is 0.0691. The van der Waals surface area contributed by atoms with Crippen LogP contribution < -0.4 is 0 Å². The maximum atomic E-state index is 10.8. The standard InChI is InChI=1S/C16H20N2O2S/c1-12(2)18(10-13-6-4-3-5-7-13)9-8-15-17-14(11-21-15)16(19)20/h3-7,11-12H,8-10H2,1-2H3,(H,19,20). The molecule has 4 nitrogen and oxygen atoms in total. The highest BCUT2D eigenvalue weighted by Crippen LogP contribution is 2.13. The predicted octanol–water partition coefficient (Wildman–Crippen LogP) is 3.29. The number of carbonyl (C=O) groups is 1. The third kappa shape index (κ3) is 4.65. The van der Waals surface area contributed by atoms with Crippen LogP contribution in [0.1, 0.15) is 34.9 Å². The van der Waals surface area contributed by atoms with Crippen molar-refractivity contribution in [2.24, 2.45) is 0 Å². The summed E-state index contributed by atoms with van der Waals surface area (Å²) in [5.74, 6) is -0.956. The molecule has 2 aromatic rings. The van der Waals surface area contributed by atoms with Crippen LogP contribution in [0.2, 0.25) is 0 Å². The third-order valence-corrected chi connectivity index (χ3v) is 4.25. The normalized spacial score (nSPS) is 11.2. The van der Waals surface area contributed by atoms with Gasteiger partial charge in [0.25, 0.3) is 0 Å². The molecule has 0 amide bonds. The molecule has 0 aliphatic heterocycles. The van der Waals surface area contributed by atoms with Gasteiger partial charge in [-0.05, 0) is 19.4 Å². The van der Waals surface area contributed by atoms with Crippen molar-refractivity contribution in [1.29, 1.82) is 0 Å². The highest BCUT2D eigenvalue weighted by molar-refractivity contribution is 7.09. The van der Waals surface area contributed by atoms with E-state index in [2.05, 4.69) is 35.9 Å². The van der Waals surface area contributed by atoms with E-state index in [4.69, 9.17) is 5.11 Å². The molecule has 1 aromatic heterocycles. The van der Waals surface area contributed by atoms with Crippen LogP contribution in [0.4, 0.5) is 0 Å². The maximum Gasteiger partial charge on any atom is 0.355 e. The number of aromatic nitrogens is 1. The summed E-state index contributed by atoms with van der Waals surface area (Å²) >= 11 is 1.42. The average Bonchev–Trinajstić information content (AvgIpc) is 2.93. The van der Waals surface area contributed by atoms with Crippen LogP contribution >= 0.6 is 11.3 Å². The minimum atomic E-state index is -0.956. The van der Waals surface area contributed by atoms with Crippen LogP contribution in [0.3, 0.4) is 0 Å². The molecule has 0 saturated heterocycles. The second kappa shape index (κ2) is 7.33. The first-order valence-electron chi connectivity index (χ1n) is 7.02. The Morgan fingerprint density at radius 3 is 2.62 bits per heavy atom. The fourth-order valence-electron chi connectivity index (χ4n) is 2.10. The summed E-state index contributed by atoms with van der Waals surface area (Å²) in [5.41, 5.74) is 1.44. The van der Waals surface area contributed by atoms with E-state index in [-0.39, 0.29) is 5.69 Å². The monoisotopic (exact) mass is 304 g/mol. The summed E-state index contributed by atoms with van der Waals surface area (Å²) in [7, 11) is 0. The number of carboxylic acid groups (broad SMARTS) is 1. The number of hydrogen-bond donors (Lipinski definition) is 1. The number of benzene rings is 1. The van der Waals surface area contributed by atoms with E-state index in [1.54, 1.807) is 5.38 Å². The van der Waals surface area contributed by atoms with Crippen molar-refractivity contribution in [3.05, 3.63) is 52.0 Å². The Morgan fingerprint density at radius 1 is 1.33 bits per heavy atom. The topological polar surface area (TPSA) is 53.4 Å². The van der Waals surface area contributed by atoms with Crippen molar-refractivity contribution in [3.63, 3.8) is 0 Å². The molecule has 0 saturated carbocycles. The van der Waals surface area contributed by atoms with Gasteiger partial charge >= 0.3 is 5.97 Å². The summed E-state index contributed by atoms with van der Waals surface area (Å²) < 4.78 is 0. The SMILES string of the molecule is CC(C)N(CCc1nc(C(=O)O)cs1)Cc1ccccc1. The van der Waals surface area contributed by atoms with Gasteiger partial charge in [-0.1, -0.05) is 30.3 Å². The Labute approximate surface area is 129 Å². The summed E-state index contributed by atoms with van der Waals surface area (Å²) in [4.78, 5) is 17.3. The van der Waals surface area contributed by atoms with Gasteiger partial charge in [0.05, 0.1) is 5.01 Å². The van der Waals surface area contributed by atoms with E-state index in [0.29, 0.717) is 6.04 Å². The van der Waals surface area contributed by atoms with Gasteiger partial charge in [-0.25, -0.2) is 9.78 Å². The molecule has 0 radical (unpaired) electrons. The Hall–Kier alpha value is -1.72. The number of rotatable bonds is 7. The van der Waals surface area contributed by atoms with Crippen molar-refractivity contribution in [2.45, 2.75) is 32.9 Å². The third-order valence-electron chi connectivity index (χ3n) is 3.34. The Morgan fingerprint density at radius 2 is 2.05 bits per heavy atom. The molecule has 0 bridgehead atoms. The van der Waals surface area contributed by atoms with Crippen LogP contribution in [0.5, 0.6) is 0 Å². The van der Waals surface area contributed by atoms with Crippen molar-refractivity contribution in [1.82, 2.24) is 9.88 Å². The number of nitrogens with zero attached hydrogens (tertiary/aromatic N) is 2. The molecule has 0 spiro atoms. The van der Waals surface area contributed by atoms with E-state index >= 15 is 0 Å². The second-order valence-corrected chi connectivity index (χ2v) is 6.17. The van der Waals surface area contributed by atoms with Gasteiger partial charge < -0.3 is 5.11 Å². The summed E-state index contributed by atoms with van der Waals surface area (Å²) in [6.45, 7) is 6.12. The first-order valence-corrected chi connectivity index (χ1v) is 7.90. The van der Waals surface area contributed by atoms with E-state index in [0.717, 1.165) is 24.5 Å². The zero-order valence-electron chi connectivity index (χ0n) is 12.3. The van der Waals surface area contributed by atoms with E-state index in [9.17, 15) is 4.79 Å². The van der Waals surface area contributed by atoms with Gasteiger partial charge in [0.2, 0.25) is 0 Å². The summed E-state index contributed by atoms with van der Waals surface area (Å²) in [5, 5.41) is 11.4. The first-order chi connectivity index (χ1) is 10.1. The molecular weight excluding hydrogens is 284 g/mol. The number of thiazole rings is 1. The first kappa shape index (κ1) is 15.7. The lowest BCUT2D eigenvalue weighted by Crippen LogP contribution is -2.32. The zero-order valence-corrected chi connectivity index (χ0v) is 13.1. The molecule has 0 atom stereocenters. The molecule has 0 unspecified atom stereocenters. The molecule has 112 valence electrons. The average molecular weight is 304 g/mol. The Bertz CT molecular complexity index is 581. The summed E-state index contributed by atoms with van der Waals surface area (Å²) in [6, 6.07) is 10.8. The predicted molar refractivity (Wildman–Crippen MR) is 84.8 cm³/mol. The Balaban J connectivity index is 1.95. The lowest BCUT2D eigenvalue weighted by Gasteiger charge is -2.26. The quantitative estimate of drug-likeness (QED) is 0.853. The van der Waals surface area contributed by atoms with Crippen LogP contribution in [0, 0.1) is 0 Å². The van der Waals surface area contributed by atoms with Gasteiger partial charge in [-0.15, -0.1) is 11.3 Å². The smallest absolute Gasteiger partial charge is 0.355 e. The van der Waals surface area contributed by atoms with Gasteiger partial charge in [-0.2, -0.15) is 0 Å². The van der Waals surface area contributed by atoms with Gasteiger partial charge in [-0.3, -0.25) is 4.90 Å². The fourth-order valence-corrected chi connectivity index (χ4v) is 2.86. The molecule has 0 fully saturated rings. The van der Waals surface area contributed by atoms with Gasteiger partial charge in [0.15, 0.2) is 5.69 Å². The molecule has 21 heavy (non-hydrogen) atoms. The zero-order chi connectivity index (χ0) is 15.2. The highest BCUT2D eigenvalue weighted by atomic mass is 32.1. The molecular formula is C16H20N2O2S. The van der Waals surface area contributed by atoms with Gasteiger partial charge in [0, 0.05) is 30.9 Å². The number of carboxylic acids is 1. The Kier molecular flexibility index (Phi) is 5.47. The lowest BCUT2D eigenvalue weighted by atomic mass is 10.2. The molecule has 1 aromatic carbocycles. The van der Waals surface area contributed by atoms with Crippen molar-refractivity contribution >= 4 is 17.3 Å². The largest absolute Gasteiger partial charge is 0.476 e. The maximum absolute atomic E-state index is 10.8. The molecule has 0 aliphatic rings. The van der Waals surface area contributed by atoms with E-state index in [1.165, 1.54) is 16.9 Å². The van der Waals surface area contributed by atoms with Crippen molar-refractivity contribution in [3.8, 4) is 0 Å². The minimum absolute atomic E-state index is 0.147. The fraction of sp³-hybridized carbons (Fsp3) is 0.375. The van der Waals surface area contributed by atoms with Crippen LogP contribution in [-0.4, -0.2) is 33.5 Å². The highest BCUT2D eigenvalue weighted by Gasteiger charge is 2.13. The summed E-state index contributed by atoms with van der Waals surface area (Å²) in [6.07, 6.45) is 0.781. The molecule has 2 rings (SSSR count). The molecule has 5 heteroatoms. The van der Waals surface area contributed by atoms with Crippen LogP contribution in [0.25, 0.3) is 0 Å². The van der Waals surface area contributed by atoms with Crippen molar-refractivity contribution < 1.29 is 9.90 Å². The van der Waals surface area contributed by atoms with Crippen LogP contribution in [-0.2, 0) is 13.0 Å². The number of aromatic carboxylic acids is 1. The van der Waals surface area contributed by atoms with Crippen LogP contribution in [0.15, 0.2) is 35.7 Å². The van der Waals surface area contributed by atoms with E-state index < -0.39 is 5.97 Å². The molecule has 1 N–H and O–H groups in total. The minimum Gasteiger partial charge on any atom is -0.476 e. The number of hydrogen-bond acceptors (Lipinski definition) is 4. The molecule has 0 aliphatic carbocycles. The second-order valence-electron chi connectivity index (χ2n) is 5.23. The molecule has 1 heterocycles. The van der Waals surface area contributed by atoms with Crippen molar-refractivity contribution in [2.75, 3.05) is 6.54 Å². The van der Waals surface area contributed by atoms with E-state index in [1.807, 2.05) is 18.2 Å².